The van der Waals surface area contributed by atoms with E-state index >= 15 is 0 Å². The number of ketones is 1. The molecule has 0 saturated carbocycles. The molecule has 0 spiro atoms. The Balaban J connectivity index is 1.29. The lowest BCUT2D eigenvalue weighted by Gasteiger charge is -2.30. The van der Waals surface area contributed by atoms with Gasteiger partial charge in [-0.15, -0.1) is 10.2 Å². The number of hydrogen-bond donors (Lipinski definition) is 1. The van der Waals surface area contributed by atoms with Crippen LogP contribution in [0.5, 0.6) is 0 Å². The smallest absolute Gasteiger partial charge is 0.286 e. The van der Waals surface area contributed by atoms with Crippen LogP contribution in [0.1, 0.15) is 38.0 Å². The number of nitrogens with zero attached hydrogens (tertiary/aromatic N) is 3. The number of aromatic nitrogens is 2. The quantitative estimate of drug-likeness (QED) is 0.569. The molecule has 6 nitrogen and oxygen atoms in total. The summed E-state index contributed by atoms with van der Waals surface area (Å²) < 4.78 is 0. The Morgan fingerprint density at radius 3 is 2.43 bits per heavy atom. The van der Waals surface area contributed by atoms with Gasteiger partial charge in [0.25, 0.3) is 5.91 Å². The lowest BCUT2D eigenvalue weighted by atomic mass is 9.89. The minimum Gasteiger partial charge on any atom is -0.320 e. The van der Waals surface area contributed by atoms with Gasteiger partial charge in [-0.05, 0) is 50.2 Å². The van der Waals surface area contributed by atoms with Crippen LogP contribution >= 0.6 is 22.9 Å². The van der Waals surface area contributed by atoms with Crippen LogP contribution in [0.15, 0.2) is 54.6 Å². The summed E-state index contributed by atoms with van der Waals surface area (Å²) in [5.74, 6) is 0.0133. The molecular formula is C22H21ClN4O2S. The number of hydrogen-bond acceptors (Lipinski definition) is 6. The molecule has 2 aromatic carbocycles. The van der Waals surface area contributed by atoms with Crippen molar-refractivity contribution in [3.63, 3.8) is 0 Å². The fourth-order valence-corrected chi connectivity index (χ4v) is 4.41. The van der Waals surface area contributed by atoms with Gasteiger partial charge in [-0.25, -0.2) is 0 Å². The van der Waals surface area contributed by atoms with Gasteiger partial charge in [-0.2, -0.15) is 0 Å². The van der Waals surface area contributed by atoms with E-state index in [1.54, 1.807) is 24.3 Å². The second-order valence-electron chi connectivity index (χ2n) is 7.24. The molecule has 30 heavy (non-hydrogen) atoms. The largest absolute Gasteiger partial charge is 0.320 e. The first kappa shape index (κ1) is 20.7. The van der Waals surface area contributed by atoms with E-state index in [2.05, 4.69) is 20.4 Å². The van der Waals surface area contributed by atoms with Crippen molar-refractivity contribution in [1.29, 1.82) is 0 Å². The summed E-state index contributed by atoms with van der Waals surface area (Å²) in [4.78, 5) is 27.3. The molecule has 0 aliphatic carbocycles. The number of rotatable bonds is 6. The summed E-state index contributed by atoms with van der Waals surface area (Å²) in [5.41, 5.74) is 1.45. The van der Waals surface area contributed by atoms with E-state index in [4.69, 9.17) is 11.6 Å². The summed E-state index contributed by atoms with van der Waals surface area (Å²) in [6.45, 7) is 2.29. The number of anilines is 1. The van der Waals surface area contributed by atoms with Gasteiger partial charge >= 0.3 is 0 Å². The maximum absolute atomic E-state index is 12.6. The second-order valence-corrected chi connectivity index (χ2v) is 8.74. The highest BCUT2D eigenvalue weighted by Crippen LogP contribution is 2.24. The van der Waals surface area contributed by atoms with Crippen molar-refractivity contribution >= 4 is 40.3 Å². The number of carbonyl (C=O) groups is 2. The third-order valence-electron chi connectivity index (χ3n) is 5.14. The molecule has 1 N–H and O–H groups in total. The van der Waals surface area contributed by atoms with E-state index in [9.17, 15) is 9.59 Å². The highest BCUT2D eigenvalue weighted by molar-refractivity contribution is 7.13. The number of halogens is 1. The van der Waals surface area contributed by atoms with Gasteiger partial charge in [-0.3, -0.25) is 14.5 Å². The fourth-order valence-electron chi connectivity index (χ4n) is 3.51. The van der Waals surface area contributed by atoms with Crippen molar-refractivity contribution in [3.05, 3.63) is 75.2 Å². The Morgan fingerprint density at radius 2 is 1.73 bits per heavy atom. The minimum absolute atomic E-state index is 0.0683. The first-order chi connectivity index (χ1) is 14.6. The number of nitrogens with one attached hydrogen (secondary N) is 1. The van der Waals surface area contributed by atoms with E-state index < -0.39 is 0 Å². The number of benzene rings is 2. The number of amides is 1. The zero-order valence-corrected chi connectivity index (χ0v) is 17.8. The highest BCUT2D eigenvalue weighted by atomic mass is 35.5. The van der Waals surface area contributed by atoms with Crippen molar-refractivity contribution in [2.45, 2.75) is 19.4 Å². The van der Waals surface area contributed by atoms with Gasteiger partial charge in [0.1, 0.15) is 5.01 Å². The lowest BCUT2D eigenvalue weighted by Crippen LogP contribution is -2.35. The van der Waals surface area contributed by atoms with Crippen molar-refractivity contribution in [1.82, 2.24) is 15.1 Å². The van der Waals surface area contributed by atoms with Crippen LogP contribution in [0.4, 0.5) is 5.69 Å². The predicted octanol–water partition coefficient (Wildman–Crippen LogP) is 4.54. The maximum atomic E-state index is 12.6. The standard InChI is InChI=1S/C22H21ClN4O2S/c23-17-6-8-18(9-7-17)24-21(29)22-26-25-19(30-22)14-27-12-10-16(11-13-27)20(28)15-4-2-1-3-5-15/h1-9,16H,10-14H2,(H,24,29). The molecule has 154 valence electrons. The highest BCUT2D eigenvalue weighted by Gasteiger charge is 2.26. The fraction of sp³-hybridized carbons (Fsp3) is 0.273. The van der Waals surface area contributed by atoms with Gasteiger partial charge < -0.3 is 5.32 Å². The third-order valence-corrected chi connectivity index (χ3v) is 6.30. The Hall–Kier alpha value is -2.61. The first-order valence-corrected chi connectivity index (χ1v) is 11.0. The molecule has 0 bridgehead atoms. The Labute approximate surface area is 183 Å². The van der Waals surface area contributed by atoms with Crippen LogP contribution < -0.4 is 5.32 Å². The Bertz CT molecular complexity index is 1020. The molecule has 0 unspecified atom stereocenters. The van der Waals surface area contributed by atoms with E-state index in [1.165, 1.54) is 11.3 Å². The summed E-state index contributed by atoms with van der Waals surface area (Å²) in [5, 5.41) is 12.7. The van der Waals surface area contributed by atoms with Crippen LogP contribution in [-0.2, 0) is 6.54 Å². The monoisotopic (exact) mass is 440 g/mol. The molecule has 1 aliphatic heterocycles. The van der Waals surface area contributed by atoms with E-state index in [0.717, 1.165) is 36.5 Å². The normalized spacial score (nSPS) is 15.1. The second kappa shape index (κ2) is 9.47. The molecule has 4 rings (SSSR count). The summed E-state index contributed by atoms with van der Waals surface area (Å²) >= 11 is 7.15. The number of piperidine rings is 1. The molecule has 8 heteroatoms. The molecular weight excluding hydrogens is 420 g/mol. The van der Waals surface area contributed by atoms with Crippen LogP contribution in [0.25, 0.3) is 0 Å². The van der Waals surface area contributed by atoms with Crippen LogP contribution in [0.3, 0.4) is 0 Å². The molecule has 1 amide bonds. The molecule has 1 saturated heterocycles. The van der Waals surface area contributed by atoms with Gasteiger partial charge in [0, 0.05) is 22.2 Å². The zero-order chi connectivity index (χ0) is 20.9. The van der Waals surface area contributed by atoms with E-state index in [1.807, 2.05) is 30.3 Å². The SMILES string of the molecule is O=C(Nc1ccc(Cl)cc1)c1nnc(CN2CCC(C(=O)c3ccccc3)CC2)s1. The van der Waals surface area contributed by atoms with Crippen molar-refractivity contribution < 1.29 is 9.59 Å². The number of carbonyl (C=O) groups excluding carboxylic acids is 2. The third kappa shape index (κ3) is 5.11. The number of Topliss-reactive ketones (excluding diaryl/α,β-unsaturated/α-hetero) is 1. The average molecular weight is 441 g/mol. The lowest BCUT2D eigenvalue weighted by molar-refractivity contribution is 0.0834. The molecule has 0 atom stereocenters. The Morgan fingerprint density at radius 1 is 1.03 bits per heavy atom. The van der Waals surface area contributed by atoms with E-state index in [0.29, 0.717) is 22.3 Å². The summed E-state index contributed by atoms with van der Waals surface area (Å²) in [6.07, 6.45) is 1.66. The molecule has 1 aromatic heterocycles. The topological polar surface area (TPSA) is 75.2 Å². The van der Waals surface area contributed by atoms with Crippen LogP contribution in [0.2, 0.25) is 5.02 Å². The van der Waals surface area contributed by atoms with Crippen molar-refractivity contribution in [2.24, 2.45) is 5.92 Å². The van der Waals surface area contributed by atoms with E-state index in [-0.39, 0.29) is 17.6 Å². The Kier molecular flexibility index (Phi) is 6.52. The average Bonchev–Trinajstić information content (AvgIpc) is 3.25. The molecule has 3 aromatic rings. The molecule has 1 aliphatic rings. The van der Waals surface area contributed by atoms with Crippen LogP contribution in [-0.4, -0.2) is 39.9 Å². The summed E-state index contributed by atoms with van der Waals surface area (Å²) in [7, 11) is 0. The first-order valence-electron chi connectivity index (χ1n) is 9.79. The summed E-state index contributed by atoms with van der Waals surface area (Å²) in [6, 6.07) is 16.4. The van der Waals surface area contributed by atoms with Crippen molar-refractivity contribution in [2.75, 3.05) is 18.4 Å². The zero-order valence-electron chi connectivity index (χ0n) is 16.3. The predicted molar refractivity (Wildman–Crippen MR) is 118 cm³/mol. The molecule has 1 fully saturated rings. The van der Waals surface area contributed by atoms with Crippen LogP contribution in [0, 0.1) is 5.92 Å². The van der Waals surface area contributed by atoms with Gasteiger partial charge in [-0.1, -0.05) is 53.3 Å². The minimum atomic E-state index is -0.284. The maximum Gasteiger partial charge on any atom is 0.286 e. The van der Waals surface area contributed by atoms with Gasteiger partial charge in [0.15, 0.2) is 5.78 Å². The van der Waals surface area contributed by atoms with Gasteiger partial charge in [0.05, 0.1) is 6.54 Å². The van der Waals surface area contributed by atoms with Gasteiger partial charge in [0.2, 0.25) is 5.01 Å². The van der Waals surface area contributed by atoms with Crippen molar-refractivity contribution in [3.8, 4) is 0 Å². The number of likely N-dealkylation sites (tertiary alicyclic amines) is 1. The molecule has 0 radical (unpaired) electrons. The molecule has 2 heterocycles.